The van der Waals surface area contributed by atoms with E-state index in [0.29, 0.717) is 5.02 Å². The van der Waals surface area contributed by atoms with E-state index in [0.717, 1.165) is 53.7 Å². The molecule has 0 aliphatic carbocycles. The maximum absolute atomic E-state index is 13.4. The van der Waals surface area contributed by atoms with Crippen molar-refractivity contribution in [1.29, 1.82) is 0 Å². The summed E-state index contributed by atoms with van der Waals surface area (Å²) in [4.78, 5) is 27.6. The predicted molar refractivity (Wildman–Crippen MR) is 157 cm³/mol. The molecule has 0 spiro atoms. The third-order valence-corrected chi connectivity index (χ3v) is 7.41. The van der Waals surface area contributed by atoms with Gasteiger partial charge in [0, 0.05) is 30.2 Å². The molecule has 39 heavy (non-hydrogen) atoms. The van der Waals surface area contributed by atoms with Crippen molar-refractivity contribution >= 4 is 29.5 Å². The maximum Gasteiger partial charge on any atom is 0.244 e. The number of carbonyl (C=O) groups excluding carboxylic acids is 2. The molecule has 1 fully saturated rings. The van der Waals surface area contributed by atoms with E-state index in [9.17, 15) is 14.7 Å². The lowest BCUT2D eigenvalue weighted by Gasteiger charge is -2.36. The van der Waals surface area contributed by atoms with Crippen molar-refractivity contribution in [2.75, 3.05) is 26.2 Å². The molecule has 1 unspecified atom stereocenters. The van der Waals surface area contributed by atoms with E-state index in [1.807, 2.05) is 61.5 Å². The number of aliphatic hydroxyl groups excluding tert-OH is 1. The van der Waals surface area contributed by atoms with E-state index in [1.54, 1.807) is 17.0 Å². The van der Waals surface area contributed by atoms with Crippen LogP contribution in [0.5, 0.6) is 0 Å². The minimum atomic E-state index is -0.885. The SMILES string of the molecule is Cc1cccc(Cl)c1/C=C/C(=O)NCC(O)CN(C(=O)Cc1ccc(-c2ccccc2)cc1)C1CCNCC1. The third-order valence-electron chi connectivity index (χ3n) is 7.08. The molecule has 0 saturated carbocycles. The molecule has 1 aliphatic heterocycles. The van der Waals surface area contributed by atoms with Crippen molar-refractivity contribution in [3.8, 4) is 11.1 Å². The Kier molecular flexibility index (Phi) is 10.3. The first-order valence-corrected chi connectivity index (χ1v) is 13.8. The number of carbonyl (C=O) groups is 2. The zero-order valence-corrected chi connectivity index (χ0v) is 23.0. The number of halogens is 1. The number of benzene rings is 3. The van der Waals surface area contributed by atoms with Gasteiger partial charge in [0.2, 0.25) is 11.8 Å². The first-order chi connectivity index (χ1) is 18.9. The lowest BCUT2D eigenvalue weighted by molar-refractivity contribution is -0.135. The number of nitrogens with zero attached hydrogens (tertiary/aromatic N) is 1. The van der Waals surface area contributed by atoms with Gasteiger partial charge in [-0.25, -0.2) is 0 Å². The number of aliphatic hydroxyl groups is 1. The van der Waals surface area contributed by atoms with Crippen LogP contribution in [0.3, 0.4) is 0 Å². The molecule has 2 amide bonds. The van der Waals surface area contributed by atoms with Crippen LogP contribution in [0.2, 0.25) is 5.02 Å². The number of rotatable bonds is 10. The summed E-state index contributed by atoms with van der Waals surface area (Å²) >= 11 is 6.23. The Morgan fingerprint density at radius 1 is 1.03 bits per heavy atom. The zero-order chi connectivity index (χ0) is 27.6. The molecule has 204 valence electrons. The van der Waals surface area contributed by atoms with Crippen molar-refractivity contribution in [3.05, 3.63) is 101 Å². The molecular weight excluding hydrogens is 510 g/mol. The predicted octanol–water partition coefficient (Wildman–Crippen LogP) is 4.63. The molecular formula is C32H36ClN3O3. The van der Waals surface area contributed by atoms with Gasteiger partial charge in [0.15, 0.2) is 0 Å². The highest BCUT2D eigenvalue weighted by Crippen LogP contribution is 2.22. The summed E-state index contributed by atoms with van der Waals surface area (Å²) in [7, 11) is 0. The molecule has 7 heteroatoms. The highest BCUT2D eigenvalue weighted by atomic mass is 35.5. The highest BCUT2D eigenvalue weighted by molar-refractivity contribution is 6.32. The Bertz CT molecular complexity index is 1250. The maximum atomic E-state index is 13.4. The van der Waals surface area contributed by atoms with Crippen LogP contribution >= 0.6 is 11.6 Å². The smallest absolute Gasteiger partial charge is 0.244 e. The summed E-state index contributed by atoms with van der Waals surface area (Å²) in [5.74, 6) is -0.347. The van der Waals surface area contributed by atoms with Crippen LogP contribution in [0.15, 0.2) is 78.9 Å². The molecule has 3 aromatic rings. The molecule has 1 heterocycles. The van der Waals surface area contributed by atoms with Crippen LogP contribution in [0.4, 0.5) is 0 Å². The van der Waals surface area contributed by atoms with Crippen molar-refractivity contribution in [1.82, 2.24) is 15.5 Å². The second-order valence-corrected chi connectivity index (χ2v) is 10.4. The number of hydrogen-bond donors (Lipinski definition) is 3. The molecule has 6 nitrogen and oxygen atoms in total. The first-order valence-electron chi connectivity index (χ1n) is 13.4. The average molecular weight is 546 g/mol. The normalized spacial score (nSPS) is 14.7. The van der Waals surface area contributed by atoms with Crippen molar-refractivity contribution in [2.45, 2.75) is 38.3 Å². The van der Waals surface area contributed by atoms with Gasteiger partial charge in [-0.05, 0) is 72.8 Å². The van der Waals surface area contributed by atoms with Gasteiger partial charge in [-0.1, -0.05) is 78.3 Å². The summed E-state index contributed by atoms with van der Waals surface area (Å²) in [5.41, 5.74) is 4.92. The quantitative estimate of drug-likeness (QED) is 0.324. The van der Waals surface area contributed by atoms with Gasteiger partial charge < -0.3 is 20.6 Å². The molecule has 1 atom stereocenters. The monoisotopic (exact) mass is 545 g/mol. The van der Waals surface area contributed by atoms with Gasteiger partial charge in [0.25, 0.3) is 0 Å². The second kappa shape index (κ2) is 14.1. The number of piperidine rings is 1. The largest absolute Gasteiger partial charge is 0.389 e. The number of aryl methyl sites for hydroxylation is 1. The average Bonchev–Trinajstić information content (AvgIpc) is 2.96. The Morgan fingerprint density at radius 2 is 1.72 bits per heavy atom. The zero-order valence-electron chi connectivity index (χ0n) is 22.3. The van der Waals surface area contributed by atoms with Gasteiger partial charge >= 0.3 is 0 Å². The van der Waals surface area contributed by atoms with E-state index >= 15 is 0 Å². The number of hydrogen-bond acceptors (Lipinski definition) is 4. The van der Waals surface area contributed by atoms with Crippen LogP contribution < -0.4 is 10.6 Å². The van der Waals surface area contributed by atoms with Gasteiger partial charge in [-0.2, -0.15) is 0 Å². The fourth-order valence-corrected chi connectivity index (χ4v) is 5.16. The van der Waals surface area contributed by atoms with Crippen molar-refractivity contribution in [2.24, 2.45) is 0 Å². The molecule has 4 rings (SSSR count). The molecule has 0 bridgehead atoms. The molecule has 3 N–H and O–H groups in total. The fourth-order valence-electron chi connectivity index (χ4n) is 4.88. The topological polar surface area (TPSA) is 81.7 Å². The Labute approximate surface area is 235 Å². The second-order valence-electron chi connectivity index (χ2n) is 9.97. The fraction of sp³-hybridized carbons (Fsp3) is 0.312. The molecule has 0 radical (unpaired) electrons. The van der Waals surface area contributed by atoms with Crippen LogP contribution in [0.25, 0.3) is 17.2 Å². The summed E-state index contributed by atoms with van der Waals surface area (Å²) in [5, 5.41) is 17.4. The lowest BCUT2D eigenvalue weighted by Crippen LogP contribution is -2.51. The van der Waals surface area contributed by atoms with E-state index in [-0.39, 0.29) is 37.4 Å². The summed E-state index contributed by atoms with van der Waals surface area (Å²) in [6.07, 6.45) is 4.12. The molecule has 1 aliphatic rings. The van der Waals surface area contributed by atoms with Crippen LogP contribution in [0, 0.1) is 6.92 Å². The van der Waals surface area contributed by atoms with Gasteiger partial charge in [0.05, 0.1) is 12.5 Å². The minimum Gasteiger partial charge on any atom is -0.389 e. The summed E-state index contributed by atoms with van der Waals surface area (Å²) in [6, 6.07) is 23.8. The van der Waals surface area contributed by atoms with E-state index < -0.39 is 6.10 Å². The Balaban J connectivity index is 1.35. The van der Waals surface area contributed by atoms with Gasteiger partial charge in [-0.3, -0.25) is 9.59 Å². The van der Waals surface area contributed by atoms with Crippen molar-refractivity contribution in [3.63, 3.8) is 0 Å². The molecule has 1 saturated heterocycles. The van der Waals surface area contributed by atoms with E-state index in [1.165, 1.54) is 6.08 Å². The Hall–Kier alpha value is -3.45. The van der Waals surface area contributed by atoms with Crippen LogP contribution in [-0.2, 0) is 16.0 Å². The Morgan fingerprint density at radius 3 is 2.41 bits per heavy atom. The molecule has 0 aromatic heterocycles. The minimum absolute atomic E-state index is 0.0196. The van der Waals surface area contributed by atoms with Gasteiger partial charge in [-0.15, -0.1) is 0 Å². The standard InChI is InChI=1S/C32H36ClN3O3/c1-23-6-5-9-30(33)29(23)14-15-31(38)35-21-28(37)22-36(27-16-18-34-19-17-27)32(39)20-24-10-12-26(13-11-24)25-7-3-2-4-8-25/h2-15,27-28,34,37H,16-22H2,1H3,(H,35,38)/b15-14+. The third kappa shape index (κ3) is 8.27. The van der Waals surface area contributed by atoms with E-state index in [4.69, 9.17) is 11.6 Å². The van der Waals surface area contributed by atoms with Gasteiger partial charge in [0.1, 0.15) is 0 Å². The number of nitrogens with one attached hydrogen (secondary N) is 2. The number of amides is 2. The highest BCUT2D eigenvalue weighted by Gasteiger charge is 2.27. The van der Waals surface area contributed by atoms with Crippen LogP contribution in [0.1, 0.15) is 29.5 Å². The lowest BCUT2D eigenvalue weighted by atomic mass is 10.0. The summed E-state index contributed by atoms with van der Waals surface area (Å²) < 4.78 is 0. The summed E-state index contributed by atoms with van der Waals surface area (Å²) in [6.45, 7) is 3.81. The van der Waals surface area contributed by atoms with E-state index in [2.05, 4.69) is 22.8 Å². The molecule has 3 aromatic carbocycles. The first kappa shape index (κ1) is 28.6. The van der Waals surface area contributed by atoms with Crippen molar-refractivity contribution < 1.29 is 14.7 Å². The van der Waals surface area contributed by atoms with Crippen LogP contribution in [-0.4, -0.2) is 60.1 Å².